The van der Waals surface area contributed by atoms with Crippen LogP contribution in [0, 0.1) is 6.92 Å². The van der Waals surface area contributed by atoms with Crippen molar-refractivity contribution < 1.29 is 27.8 Å². The minimum absolute atomic E-state index is 0.0135. The van der Waals surface area contributed by atoms with Crippen LogP contribution in [0.4, 0.5) is 13.2 Å². The van der Waals surface area contributed by atoms with Crippen LogP contribution in [0.2, 0.25) is 0 Å². The van der Waals surface area contributed by atoms with Crippen molar-refractivity contribution >= 4 is 5.97 Å². The number of ether oxygens (including phenoxy) is 1. The zero-order valence-corrected chi connectivity index (χ0v) is 9.41. The molecule has 1 aromatic rings. The lowest BCUT2D eigenvalue weighted by Gasteiger charge is -2.16. The fourth-order valence-corrected chi connectivity index (χ4v) is 1.40. The second-order valence-corrected chi connectivity index (χ2v) is 3.51. The average Bonchev–Trinajstić information content (AvgIpc) is 2.21. The predicted octanol–water partition coefficient (Wildman–Crippen LogP) is 1.37. The van der Waals surface area contributed by atoms with Crippen LogP contribution in [0.1, 0.15) is 16.8 Å². The first-order valence-corrected chi connectivity index (χ1v) is 4.89. The molecule has 5 nitrogen and oxygen atoms in total. The van der Waals surface area contributed by atoms with Crippen molar-refractivity contribution in [3.8, 4) is 5.75 Å². The number of nitrogens with two attached hydrogens (primary N) is 1. The second-order valence-electron chi connectivity index (χ2n) is 3.51. The summed E-state index contributed by atoms with van der Waals surface area (Å²) in [5.74, 6) is -1.89. The summed E-state index contributed by atoms with van der Waals surface area (Å²) in [6, 6.07) is 0. The number of hydrogen-bond donors (Lipinski definition) is 2. The summed E-state index contributed by atoms with van der Waals surface area (Å²) in [6.07, 6.45) is -4.32. The van der Waals surface area contributed by atoms with Crippen LogP contribution in [-0.2, 0) is 17.8 Å². The van der Waals surface area contributed by atoms with Crippen molar-refractivity contribution in [2.24, 2.45) is 5.73 Å². The first kappa shape index (κ1) is 14.2. The highest BCUT2D eigenvalue weighted by Crippen LogP contribution is 2.30. The number of halogens is 3. The van der Waals surface area contributed by atoms with Crippen molar-refractivity contribution in [3.05, 3.63) is 23.0 Å². The third-order valence-corrected chi connectivity index (χ3v) is 2.22. The fourth-order valence-electron chi connectivity index (χ4n) is 1.40. The second kappa shape index (κ2) is 5.21. The molecule has 100 valence electrons. The van der Waals surface area contributed by atoms with E-state index in [1.54, 1.807) is 0 Å². The zero-order valence-electron chi connectivity index (χ0n) is 9.41. The van der Waals surface area contributed by atoms with Gasteiger partial charge in [-0.1, -0.05) is 0 Å². The van der Waals surface area contributed by atoms with E-state index >= 15 is 0 Å². The number of nitrogens with zero attached hydrogens (tertiary/aromatic N) is 1. The highest BCUT2D eigenvalue weighted by molar-refractivity contribution is 5.71. The Bertz CT molecular complexity index is 460. The third kappa shape index (κ3) is 3.59. The lowest BCUT2D eigenvalue weighted by molar-refractivity contribution is -0.275. The lowest BCUT2D eigenvalue weighted by atomic mass is 10.1. The number of aromatic nitrogens is 1. The number of carboxylic acids is 1. The van der Waals surface area contributed by atoms with Gasteiger partial charge in [-0.25, -0.2) is 0 Å². The Hall–Kier alpha value is -1.83. The van der Waals surface area contributed by atoms with Gasteiger partial charge in [-0.2, -0.15) is 0 Å². The summed E-state index contributed by atoms with van der Waals surface area (Å²) in [7, 11) is 0. The number of carboxylic acid groups (broad SMARTS) is 1. The molecule has 0 unspecified atom stereocenters. The highest BCUT2D eigenvalue weighted by Gasteiger charge is 2.33. The van der Waals surface area contributed by atoms with Crippen molar-refractivity contribution in [2.45, 2.75) is 26.3 Å². The van der Waals surface area contributed by atoms with Crippen molar-refractivity contribution in [3.63, 3.8) is 0 Å². The van der Waals surface area contributed by atoms with Crippen LogP contribution in [0.5, 0.6) is 5.75 Å². The summed E-state index contributed by atoms with van der Waals surface area (Å²) in [4.78, 5) is 14.2. The van der Waals surface area contributed by atoms with E-state index in [-0.39, 0.29) is 17.8 Å². The van der Waals surface area contributed by atoms with Gasteiger partial charge in [0.05, 0.1) is 12.1 Å². The van der Waals surface area contributed by atoms with Crippen LogP contribution in [0.3, 0.4) is 0 Å². The summed E-state index contributed by atoms with van der Waals surface area (Å²) < 4.78 is 40.6. The lowest BCUT2D eigenvalue weighted by Crippen LogP contribution is -2.21. The zero-order chi connectivity index (χ0) is 13.9. The minimum Gasteiger partial charge on any atom is -0.481 e. The summed E-state index contributed by atoms with van der Waals surface area (Å²) in [5.41, 5.74) is 5.56. The molecule has 0 aromatic carbocycles. The molecule has 0 aliphatic heterocycles. The quantitative estimate of drug-likeness (QED) is 0.857. The molecular formula is C10H11F3N2O3. The Kier molecular flexibility index (Phi) is 4.12. The number of carbonyl (C=O) groups is 1. The number of rotatable bonds is 4. The molecule has 0 atom stereocenters. The molecule has 0 fully saturated rings. The largest absolute Gasteiger partial charge is 0.573 e. The number of hydrogen-bond acceptors (Lipinski definition) is 4. The van der Waals surface area contributed by atoms with Gasteiger partial charge in [0, 0.05) is 12.7 Å². The topological polar surface area (TPSA) is 85.4 Å². The SMILES string of the molecule is Cc1c(CN)cnc(CC(=O)O)c1OC(F)(F)F. The van der Waals surface area contributed by atoms with Gasteiger partial charge in [-0.15, -0.1) is 13.2 Å². The van der Waals surface area contributed by atoms with E-state index < -0.39 is 24.5 Å². The number of pyridine rings is 1. The smallest absolute Gasteiger partial charge is 0.481 e. The monoisotopic (exact) mass is 264 g/mol. The molecule has 0 radical (unpaired) electrons. The first-order chi connectivity index (χ1) is 8.24. The van der Waals surface area contributed by atoms with Gasteiger partial charge >= 0.3 is 12.3 Å². The summed E-state index contributed by atoms with van der Waals surface area (Å²) >= 11 is 0. The molecule has 0 aliphatic carbocycles. The average molecular weight is 264 g/mol. The molecule has 0 bridgehead atoms. The van der Waals surface area contributed by atoms with Gasteiger partial charge in [-0.05, 0) is 18.1 Å². The van der Waals surface area contributed by atoms with Crippen LogP contribution in [0.25, 0.3) is 0 Å². The Morgan fingerprint density at radius 2 is 2.17 bits per heavy atom. The van der Waals surface area contributed by atoms with Gasteiger partial charge in [0.2, 0.25) is 0 Å². The number of aliphatic carboxylic acids is 1. The van der Waals surface area contributed by atoms with Crippen molar-refractivity contribution in [2.75, 3.05) is 0 Å². The molecular weight excluding hydrogens is 253 g/mol. The van der Waals surface area contributed by atoms with Crippen molar-refractivity contribution in [1.82, 2.24) is 4.98 Å². The Morgan fingerprint density at radius 1 is 1.56 bits per heavy atom. The molecule has 0 amide bonds. The molecule has 0 saturated heterocycles. The summed E-state index contributed by atoms with van der Waals surface area (Å²) in [5, 5.41) is 8.61. The maximum absolute atomic E-state index is 12.2. The van der Waals surface area contributed by atoms with E-state index in [4.69, 9.17) is 10.8 Å². The standard InChI is InChI=1S/C10H11F3N2O3/c1-5-6(3-14)4-15-7(2-8(16)17)9(5)18-10(11,12)13/h4H,2-3,14H2,1H3,(H,16,17). The van der Waals surface area contributed by atoms with E-state index in [1.165, 1.54) is 13.1 Å². The molecule has 0 aliphatic rings. The normalized spacial score (nSPS) is 11.4. The van der Waals surface area contributed by atoms with Gasteiger partial charge in [0.25, 0.3) is 0 Å². The van der Waals surface area contributed by atoms with E-state index in [2.05, 4.69) is 9.72 Å². The molecule has 3 N–H and O–H groups in total. The Labute approximate surface area is 100 Å². The fraction of sp³-hybridized carbons (Fsp3) is 0.400. The molecule has 0 spiro atoms. The third-order valence-electron chi connectivity index (χ3n) is 2.22. The molecule has 1 rings (SSSR count). The molecule has 8 heteroatoms. The Morgan fingerprint density at radius 3 is 2.61 bits per heavy atom. The molecule has 1 heterocycles. The van der Waals surface area contributed by atoms with E-state index in [1.807, 2.05) is 0 Å². The minimum atomic E-state index is -4.91. The Balaban J connectivity index is 3.26. The highest BCUT2D eigenvalue weighted by atomic mass is 19.4. The van der Waals surface area contributed by atoms with Gasteiger partial charge < -0.3 is 15.6 Å². The van der Waals surface area contributed by atoms with Gasteiger partial charge in [0.1, 0.15) is 0 Å². The first-order valence-electron chi connectivity index (χ1n) is 4.89. The van der Waals surface area contributed by atoms with Crippen LogP contribution in [-0.4, -0.2) is 22.4 Å². The molecule has 1 aromatic heterocycles. The van der Waals surface area contributed by atoms with Crippen molar-refractivity contribution in [1.29, 1.82) is 0 Å². The van der Waals surface area contributed by atoms with E-state index in [0.717, 1.165) is 0 Å². The van der Waals surface area contributed by atoms with E-state index in [0.29, 0.717) is 5.56 Å². The maximum atomic E-state index is 12.2. The van der Waals surface area contributed by atoms with Crippen LogP contribution >= 0.6 is 0 Å². The predicted molar refractivity (Wildman–Crippen MR) is 54.9 cm³/mol. The molecule has 18 heavy (non-hydrogen) atoms. The maximum Gasteiger partial charge on any atom is 0.573 e. The summed E-state index contributed by atoms with van der Waals surface area (Å²) in [6.45, 7) is 1.36. The van der Waals surface area contributed by atoms with Crippen LogP contribution in [0.15, 0.2) is 6.20 Å². The van der Waals surface area contributed by atoms with E-state index in [9.17, 15) is 18.0 Å². The van der Waals surface area contributed by atoms with Gasteiger partial charge in [0.15, 0.2) is 5.75 Å². The molecule has 0 saturated carbocycles. The number of alkyl halides is 3. The van der Waals surface area contributed by atoms with Crippen LogP contribution < -0.4 is 10.5 Å². The van der Waals surface area contributed by atoms with Gasteiger partial charge in [-0.3, -0.25) is 9.78 Å².